The Morgan fingerprint density at radius 1 is 1.18 bits per heavy atom. The van der Waals surface area contributed by atoms with Gasteiger partial charge in [-0.3, -0.25) is 0 Å². The first-order valence-electron chi connectivity index (χ1n) is 8.39. The first-order valence-corrected chi connectivity index (χ1v) is 10.6. The number of aryl methyl sites for hydroxylation is 1. The lowest BCUT2D eigenvalue weighted by molar-refractivity contribution is 0.416. The topological polar surface area (TPSA) is 89.3 Å². The van der Waals surface area contributed by atoms with Crippen LogP contribution in [0.25, 0.3) is 21.3 Å². The van der Waals surface area contributed by atoms with Crippen molar-refractivity contribution in [1.29, 1.82) is 0 Å². The predicted molar refractivity (Wildman–Crippen MR) is 111 cm³/mol. The van der Waals surface area contributed by atoms with E-state index in [0.29, 0.717) is 16.6 Å². The third-order valence-corrected chi connectivity index (χ3v) is 7.19. The highest BCUT2D eigenvalue weighted by molar-refractivity contribution is 7.89. The summed E-state index contributed by atoms with van der Waals surface area (Å²) in [7, 11) is 2.91. The molecule has 0 fully saturated rings. The van der Waals surface area contributed by atoms with E-state index in [-0.39, 0.29) is 4.90 Å². The molecule has 0 aliphatic carbocycles. The fourth-order valence-corrected chi connectivity index (χ4v) is 4.72. The summed E-state index contributed by atoms with van der Waals surface area (Å²) in [6.45, 7) is 0. The Bertz CT molecular complexity index is 1290. The lowest BCUT2D eigenvalue weighted by atomic mass is 10.3. The molecule has 10 heteroatoms. The lowest BCUT2D eigenvalue weighted by Gasteiger charge is -2.14. The molecule has 0 bridgehead atoms. The van der Waals surface area contributed by atoms with Crippen molar-refractivity contribution in [2.24, 2.45) is 7.05 Å². The Morgan fingerprint density at radius 3 is 2.68 bits per heavy atom. The van der Waals surface area contributed by atoms with Gasteiger partial charge in [0.2, 0.25) is 10.0 Å². The molecular weight excluding hydrogens is 398 g/mol. The van der Waals surface area contributed by atoms with Gasteiger partial charge in [0.25, 0.3) is 0 Å². The number of thiazole rings is 1. The molecule has 0 radical (unpaired) electrons. The van der Waals surface area contributed by atoms with E-state index in [1.54, 1.807) is 18.5 Å². The number of hydrogen-bond acceptors (Lipinski definition) is 7. The predicted octanol–water partition coefficient (Wildman–Crippen LogP) is 3.19. The molecule has 0 aliphatic heterocycles. The second-order valence-electron chi connectivity index (χ2n) is 6.43. The highest BCUT2D eigenvalue weighted by Gasteiger charge is 2.20. The molecule has 4 aromatic rings. The molecule has 0 unspecified atom stereocenters. The van der Waals surface area contributed by atoms with Gasteiger partial charge in [-0.1, -0.05) is 11.3 Å². The van der Waals surface area contributed by atoms with Crippen molar-refractivity contribution in [3.05, 3.63) is 36.7 Å². The molecule has 8 nitrogen and oxygen atoms in total. The van der Waals surface area contributed by atoms with Crippen molar-refractivity contribution in [3.63, 3.8) is 0 Å². The maximum atomic E-state index is 12.5. The van der Waals surface area contributed by atoms with E-state index >= 15 is 0 Å². The number of nitrogens with zero attached hydrogens (tertiary/aromatic N) is 4. The van der Waals surface area contributed by atoms with E-state index in [1.165, 1.54) is 42.9 Å². The molecule has 0 saturated carbocycles. The van der Waals surface area contributed by atoms with Gasteiger partial charge < -0.3 is 14.6 Å². The minimum Gasteiger partial charge on any atom is -0.495 e. The molecule has 1 N–H and O–H groups in total. The van der Waals surface area contributed by atoms with Crippen LogP contribution in [-0.4, -0.2) is 48.5 Å². The zero-order valence-corrected chi connectivity index (χ0v) is 17.4. The van der Waals surface area contributed by atoms with E-state index < -0.39 is 10.0 Å². The third kappa shape index (κ3) is 2.99. The van der Waals surface area contributed by atoms with Crippen molar-refractivity contribution < 1.29 is 13.2 Å². The Kier molecular flexibility index (Phi) is 4.48. The van der Waals surface area contributed by atoms with Crippen molar-refractivity contribution in [1.82, 2.24) is 18.8 Å². The Labute approximate surface area is 166 Å². The largest absolute Gasteiger partial charge is 0.495 e. The molecule has 0 atom stereocenters. The number of nitrogens with one attached hydrogen (secondary N) is 1. The average molecular weight is 418 g/mol. The summed E-state index contributed by atoms with van der Waals surface area (Å²) in [4.78, 5) is 9.28. The monoisotopic (exact) mass is 417 g/mol. The summed E-state index contributed by atoms with van der Waals surface area (Å²) in [6, 6.07) is 8.72. The summed E-state index contributed by atoms with van der Waals surface area (Å²) in [5.41, 5.74) is 3.17. The number of methoxy groups -OCH3 is 1. The van der Waals surface area contributed by atoms with Crippen molar-refractivity contribution in [3.8, 4) is 5.75 Å². The van der Waals surface area contributed by atoms with Gasteiger partial charge in [0, 0.05) is 21.1 Å². The number of rotatable bonds is 5. The van der Waals surface area contributed by atoms with E-state index in [9.17, 15) is 8.42 Å². The zero-order valence-electron chi connectivity index (χ0n) is 15.8. The van der Waals surface area contributed by atoms with E-state index in [2.05, 4.69) is 15.3 Å². The van der Waals surface area contributed by atoms with Crippen LogP contribution >= 0.6 is 11.3 Å². The number of aromatic nitrogens is 3. The first kappa shape index (κ1) is 18.7. The van der Waals surface area contributed by atoms with Crippen LogP contribution in [0.2, 0.25) is 0 Å². The fourth-order valence-electron chi connectivity index (χ4n) is 2.91. The van der Waals surface area contributed by atoms with Crippen LogP contribution < -0.4 is 10.1 Å². The zero-order chi connectivity index (χ0) is 20.1. The number of ether oxygens (including phenoxy) is 1. The molecular formula is C18H19N5O3S2. The van der Waals surface area contributed by atoms with Crippen LogP contribution in [0, 0.1) is 0 Å². The number of benzene rings is 2. The Hall–Kier alpha value is -2.69. The minimum atomic E-state index is -3.56. The maximum Gasteiger partial charge on any atom is 0.242 e. The fraction of sp³-hybridized carbons (Fsp3) is 0.222. The molecule has 4 rings (SSSR count). The van der Waals surface area contributed by atoms with Gasteiger partial charge >= 0.3 is 0 Å². The average Bonchev–Trinajstić information content (AvgIpc) is 3.24. The quantitative estimate of drug-likeness (QED) is 0.536. The second kappa shape index (κ2) is 6.73. The number of hydrogen-bond donors (Lipinski definition) is 1. The minimum absolute atomic E-state index is 0.175. The molecule has 0 spiro atoms. The molecule has 28 heavy (non-hydrogen) atoms. The normalized spacial score (nSPS) is 12.2. The molecule has 2 aromatic heterocycles. The van der Waals surface area contributed by atoms with Crippen molar-refractivity contribution in [2.45, 2.75) is 4.90 Å². The van der Waals surface area contributed by atoms with Crippen LogP contribution in [0.3, 0.4) is 0 Å². The number of fused-ring (bicyclic) bond motifs is 3. The maximum absolute atomic E-state index is 12.5. The van der Waals surface area contributed by atoms with Gasteiger partial charge in [-0.2, -0.15) is 0 Å². The van der Waals surface area contributed by atoms with E-state index in [1.807, 2.05) is 23.7 Å². The summed E-state index contributed by atoms with van der Waals surface area (Å²) in [5.74, 6) is 0.528. The molecule has 0 amide bonds. The van der Waals surface area contributed by atoms with Crippen LogP contribution in [0.15, 0.2) is 41.6 Å². The van der Waals surface area contributed by atoms with Crippen LogP contribution in [0.4, 0.5) is 10.8 Å². The number of anilines is 2. The van der Waals surface area contributed by atoms with E-state index in [4.69, 9.17) is 4.74 Å². The Balaban J connectivity index is 1.79. The highest BCUT2D eigenvalue weighted by atomic mass is 32.2. The summed E-state index contributed by atoms with van der Waals surface area (Å²) in [5, 5.41) is 3.83. The molecule has 0 aliphatic rings. The van der Waals surface area contributed by atoms with Gasteiger partial charge in [0.1, 0.15) is 16.8 Å². The lowest BCUT2D eigenvalue weighted by Crippen LogP contribution is -2.22. The standard InChI is InChI=1S/C18H19N5O3S2/c1-22(2)28(24,25)11-5-7-14(26-4)12(9-11)20-18-21-17-15(27-18)8-6-13-16(17)19-10-23(13)3/h5-10H,1-4H3,(H,20,21). The van der Waals surface area contributed by atoms with Gasteiger partial charge in [0.15, 0.2) is 5.13 Å². The highest BCUT2D eigenvalue weighted by Crippen LogP contribution is 2.36. The number of sulfonamides is 1. The van der Waals surface area contributed by atoms with Crippen LogP contribution in [-0.2, 0) is 17.1 Å². The Morgan fingerprint density at radius 2 is 1.96 bits per heavy atom. The van der Waals surface area contributed by atoms with Gasteiger partial charge in [-0.25, -0.2) is 22.7 Å². The van der Waals surface area contributed by atoms with E-state index in [0.717, 1.165) is 21.3 Å². The van der Waals surface area contributed by atoms with Crippen molar-refractivity contribution >= 4 is 53.4 Å². The van der Waals surface area contributed by atoms with Gasteiger partial charge in [0.05, 0.1) is 34.2 Å². The van der Waals surface area contributed by atoms with Crippen molar-refractivity contribution in [2.75, 3.05) is 26.5 Å². The molecule has 2 heterocycles. The summed E-state index contributed by atoms with van der Waals surface area (Å²) < 4.78 is 34.4. The SMILES string of the molecule is COc1ccc(S(=O)(=O)N(C)C)cc1Nc1nc2c(ccc3c2ncn3C)s1. The molecule has 146 valence electrons. The summed E-state index contributed by atoms with van der Waals surface area (Å²) >= 11 is 1.47. The molecule has 2 aromatic carbocycles. The molecule has 0 saturated heterocycles. The third-order valence-electron chi connectivity index (χ3n) is 4.44. The second-order valence-corrected chi connectivity index (χ2v) is 9.61. The van der Waals surface area contributed by atoms with Gasteiger partial charge in [-0.15, -0.1) is 0 Å². The van der Waals surface area contributed by atoms with Crippen LogP contribution in [0.5, 0.6) is 5.75 Å². The number of imidazole rings is 1. The smallest absolute Gasteiger partial charge is 0.242 e. The van der Waals surface area contributed by atoms with Crippen LogP contribution in [0.1, 0.15) is 0 Å². The summed E-state index contributed by atoms with van der Waals surface area (Å²) in [6.07, 6.45) is 1.76. The van der Waals surface area contributed by atoms with Gasteiger partial charge in [-0.05, 0) is 30.3 Å². The first-order chi connectivity index (χ1) is 13.3.